The van der Waals surface area contributed by atoms with E-state index in [9.17, 15) is 4.79 Å². The number of terminal acetylenes is 1. The molecule has 0 aromatic carbocycles. The van der Waals surface area contributed by atoms with Crippen LogP contribution in [-0.4, -0.2) is 24.7 Å². The molecule has 1 N–H and O–H groups in total. The summed E-state index contributed by atoms with van der Waals surface area (Å²) in [6.07, 6.45) is 6.75. The third-order valence-corrected chi connectivity index (χ3v) is 1.95. The number of carbonyl (C=O) groups excluding carboxylic acids is 1. The van der Waals surface area contributed by atoms with Crippen LogP contribution >= 0.6 is 0 Å². The molecule has 1 saturated carbocycles. The number of hydrogen-bond acceptors (Lipinski definition) is 3. The summed E-state index contributed by atoms with van der Waals surface area (Å²) < 4.78 is 4.90. The van der Waals surface area contributed by atoms with Crippen LogP contribution in [0.1, 0.15) is 19.8 Å². The van der Waals surface area contributed by atoms with Gasteiger partial charge in [0.15, 0.2) is 0 Å². The van der Waals surface area contributed by atoms with Gasteiger partial charge in [-0.1, -0.05) is 5.92 Å². The average Bonchev–Trinajstić information content (AvgIpc) is 2.82. The minimum Gasteiger partial charge on any atom is -0.465 e. The average molecular weight is 167 g/mol. The molecule has 0 amide bonds. The highest BCUT2D eigenvalue weighted by atomic mass is 16.5. The molecule has 0 unspecified atom stereocenters. The van der Waals surface area contributed by atoms with E-state index in [4.69, 9.17) is 11.2 Å². The molecule has 0 heterocycles. The number of ether oxygens (including phenoxy) is 1. The molecule has 0 aromatic rings. The second-order valence-corrected chi connectivity index (χ2v) is 2.86. The second-order valence-electron chi connectivity index (χ2n) is 2.86. The molecule has 0 bridgehead atoms. The summed E-state index contributed by atoms with van der Waals surface area (Å²) in [5, 5.41) is 2.99. The summed E-state index contributed by atoms with van der Waals surface area (Å²) in [7, 11) is 0. The van der Waals surface area contributed by atoms with Gasteiger partial charge in [-0.3, -0.25) is 10.1 Å². The predicted octanol–water partition coefficient (Wildman–Crippen LogP) is 0.305. The van der Waals surface area contributed by atoms with Crippen molar-refractivity contribution < 1.29 is 9.53 Å². The van der Waals surface area contributed by atoms with E-state index in [1.54, 1.807) is 6.92 Å². The van der Waals surface area contributed by atoms with Crippen molar-refractivity contribution in [2.24, 2.45) is 0 Å². The second kappa shape index (κ2) is 3.59. The first-order chi connectivity index (χ1) is 5.75. The van der Waals surface area contributed by atoms with E-state index >= 15 is 0 Å². The lowest BCUT2D eigenvalue weighted by molar-refractivity contribution is -0.146. The molecule has 0 atom stereocenters. The maximum absolute atomic E-state index is 11.3. The normalized spacial score (nSPS) is 18.0. The van der Waals surface area contributed by atoms with Gasteiger partial charge in [0.05, 0.1) is 13.2 Å². The largest absolute Gasteiger partial charge is 0.465 e. The van der Waals surface area contributed by atoms with Crippen molar-refractivity contribution in [2.75, 3.05) is 13.2 Å². The van der Waals surface area contributed by atoms with Gasteiger partial charge in [-0.25, -0.2) is 0 Å². The summed E-state index contributed by atoms with van der Waals surface area (Å²) in [5.74, 6) is 2.28. The van der Waals surface area contributed by atoms with Gasteiger partial charge in [-0.2, -0.15) is 0 Å². The molecule has 1 fully saturated rings. The van der Waals surface area contributed by atoms with Crippen LogP contribution < -0.4 is 5.32 Å². The number of esters is 1. The Labute approximate surface area is 72.5 Å². The van der Waals surface area contributed by atoms with E-state index in [2.05, 4.69) is 11.2 Å². The van der Waals surface area contributed by atoms with Crippen LogP contribution in [0.2, 0.25) is 0 Å². The minimum absolute atomic E-state index is 0.166. The molecule has 3 heteroatoms. The SMILES string of the molecule is C#CCNC1(C(=O)OCC)CC1. The summed E-state index contributed by atoms with van der Waals surface area (Å²) in [6.45, 7) is 2.66. The van der Waals surface area contributed by atoms with Crippen LogP contribution in [0.3, 0.4) is 0 Å². The molecule has 1 aliphatic rings. The van der Waals surface area contributed by atoms with Crippen molar-refractivity contribution in [1.29, 1.82) is 0 Å². The van der Waals surface area contributed by atoms with Crippen molar-refractivity contribution in [1.82, 2.24) is 5.32 Å². The van der Waals surface area contributed by atoms with E-state index < -0.39 is 5.54 Å². The zero-order chi connectivity index (χ0) is 9.03. The van der Waals surface area contributed by atoms with Gasteiger partial charge < -0.3 is 4.74 Å². The van der Waals surface area contributed by atoms with E-state index in [1.807, 2.05) is 0 Å². The molecule has 0 radical (unpaired) electrons. The lowest BCUT2D eigenvalue weighted by Crippen LogP contribution is -2.40. The monoisotopic (exact) mass is 167 g/mol. The highest BCUT2D eigenvalue weighted by molar-refractivity contribution is 5.84. The Bertz CT molecular complexity index is 213. The first-order valence-corrected chi connectivity index (χ1v) is 4.11. The zero-order valence-electron chi connectivity index (χ0n) is 7.22. The van der Waals surface area contributed by atoms with Gasteiger partial charge in [0.2, 0.25) is 0 Å². The van der Waals surface area contributed by atoms with E-state index in [0.717, 1.165) is 12.8 Å². The van der Waals surface area contributed by atoms with Gasteiger partial charge in [0, 0.05) is 0 Å². The van der Waals surface area contributed by atoms with Crippen molar-refractivity contribution in [3.05, 3.63) is 0 Å². The first kappa shape index (κ1) is 9.08. The standard InChI is InChI=1S/C9H13NO2/c1-3-7-10-9(5-6-9)8(11)12-4-2/h1,10H,4-7H2,2H3. The Morgan fingerprint density at radius 2 is 2.42 bits per heavy atom. The molecular formula is C9H13NO2. The lowest BCUT2D eigenvalue weighted by Gasteiger charge is -2.13. The minimum atomic E-state index is -0.442. The smallest absolute Gasteiger partial charge is 0.326 e. The van der Waals surface area contributed by atoms with Crippen LogP contribution in [0.25, 0.3) is 0 Å². The third kappa shape index (κ3) is 1.77. The van der Waals surface area contributed by atoms with Crippen LogP contribution in [0, 0.1) is 12.3 Å². The Balaban J connectivity index is 2.38. The molecule has 1 rings (SSSR count). The number of carbonyl (C=O) groups is 1. The van der Waals surface area contributed by atoms with Crippen LogP contribution in [0.4, 0.5) is 0 Å². The van der Waals surface area contributed by atoms with E-state index in [1.165, 1.54) is 0 Å². The molecule has 0 aromatic heterocycles. The highest BCUT2D eigenvalue weighted by Gasteiger charge is 2.50. The van der Waals surface area contributed by atoms with Gasteiger partial charge in [0.1, 0.15) is 5.54 Å². The Morgan fingerprint density at radius 1 is 1.75 bits per heavy atom. The molecule has 1 aliphatic carbocycles. The summed E-state index contributed by atoms with van der Waals surface area (Å²) >= 11 is 0. The predicted molar refractivity (Wildman–Crippen MR) is 45.4 cm³/mol. The van der Waals surface area contributed by atoms with Gasteiger partial charge in [0.25, 0.3) is 0 Å². The topological polar surface area (TPSA) is 38.3 Å². The van der Waals surface area contributed by atoms with Gasteiger partial charge >= 0.3 is 5.97 Å². The van der Waals surface area contributed by atoms with Crippen molar-refractivity contribution in [3.63, 3.8) is 0 Å². The van der Waals surface area contributed by atoms with Crippen LogP contribution in [0.5, 0.6) is 0 Å². The molecular weight excluding hydrogens is 154 g/mol. The summed E-state index contributed by atoms with van der Waals surface area (Å²) in [4.78, 5) is 11.3. The Kier molecular flexibility index (Phi) is 2.72. The molecule has 0 saturated heterocycles. The maximum Gasteiger partial charge on any atom is 0.326 e. The molecule has 66 valence electrons. The summed E-state index contributed by atoms with van der Waals surface area (Å²) in [6, 6.07) is 0. The molecule has 12 heavy (non-hydrogen) atoms. The third-order valence-electron chi connectivity index (χ3n) is 1.95. The van der Waals surface area contributed by atoms with Gasteiger partial charge in [-0.15, -0.1) is 6.42 Å². The fourth-order valence-electron chi connectivity index (χ4n) is 1.07. The number of hydrogen-bond donors (Lipinski definition) is 1. The van der Waals surface area contributed by atoms with Crippen LogP contribution in [0.15, 0.2) is 0 Å². The molecule has 0 spiro atoms. The quantitative estimate of drug-likeness (QED) is 0.483. The fraction of sp³-hybridized carbons (Fsp3) is 0.667. The molecule has 3 nitrogen and oxygen atoms in total. The van der Waals surface area contributed by atoms with Crippen molar-refractivity contribution in [2.45, 2.75) is 25.3 Å². The van der Waals surface area contributed by atoms with Crippen molar-refractivity contribution in [3.8, 4) is 12.3 Å². The summed E-state index contributed by atoms with van der Waals surface area (Å²) in [5.41, 5.74) is -0.442. The first-order valence-electron chi connectivity index (χ1n) is 4.11. The van der Waals surface area contributed by atoms with Gasteiger partial charge in [-0.05, 0) is 19.8 Å². The zero-order valence-corrected chi connectivity index (χ0v) is 7.22. The highest BCUT2D eigenvalue weighted by Crippen LogP contribution is 2.36. The lowest BCUT2D eigenvalue weighted by atomic mass is 10.3. The number of rotatable bonds is 4. The van der Waals surface area contributed by atoms with Crippen LogP contribution in [-0.2, 0) is 9.53 Å². The Hall–Kier alpha value is -1.01. The van der Waals surface area contributed by atoms with Crippen molar-refractivity contribution >= 4 is 5.97 Å². The Morgan fingerprint density at radius 3 is 2.83 bits per heavy atom. The maximum atomic E-state index is 11.3. The fourth-order valence-corrected chi connectivity index (χ4v) is 1.07. The molecule has 0 aliphatic heterocycles. The number of nitrogens with one attached hydrogen (secondary N) is 1. The van der Waals surface area contributed by atoms with E-state index in [0.29, 0.717) is 13.2 Å². The van der Waals surface area contributed by atoms with E-state index in [-0.39, 0.29) is 5.97 Å².